The first kappa shape index (κ1) is 26.4. The molecule has 0 bridgehead atoms. The van der Waals surface area contributed by atoms with Gasteiger partial charge in [-0.1, -0.05) is 38.1 Å². The van der Waals surface area contributed by atoms with Crippen LogP contribution in [0.25, 0.3) is 0 Å². The van der Waals surface area contributed by atoms with Gasteiger partial charge in [0.2, 0.25) is 0 Å². The average molecular weight is 455 g/mol. The molecule has 0 saturated heterocycles. The van der Waals surface area contributed by atoms with Crippen LogP contribution in [0, 0.1) is 11.8 Å². The SMILES string of the molecule is COC(=O)C(CCSC)NC(=O)c1ccccc1OCC(/C=C/C(N)CS)C(C)C. The summed E-state index contributed by atoms with van der Waals surface area (Å²) >= 11 is 5.80. The largest absolute Gasteiger partial charge is 0.492 e. The van der Waals surface area contributed by atoms with Gasteiger partial charge in [-0.15, -0.1) is 0 Å². The number of esters is 1. The molecule has 6 nitrogen and oxygen atoms in total. The fourth-order valence-electron chi connectivity index (χ4n) is 2.65. The lowest BCUT2D eigenvalue weighted by Crippen LogP contribution is -2.42. The molecule has 0 saturated carbocycles. The zero-order valence-corrected chi connectivity index (χ0v) is 19.9. The number of benzene rings is 1. The number of amides is 1. The van der Waals surface area contributed by atoms with Crippen LogP contribution in [-0.2, 0) is 9.53 Å². The second-order valence-corrected chi connectivity index (χ2v) is 8.63. The number of nitrogens with one attached hydrogen (secondary N) is 1. The molecule has 3 atom stereocenters. The molecule has 0 spiro atoms. The fourth-order valence-corrected chi connectivity index (χ4v) is 3.24. The smallest absolute Gasteiger partial charge is 0.328 e. The van der Waals surface area contributed by atoms with Gasteiger partial charge in [0.25, 0.3) is 5.91 Å². The van der Waals surface area contributed by atoms with Crippen LogP contribution >= 0.6 is 24.4 Å². The molecule has 0 heterocycles. The van der Waals surface area contributed by atoms with Crippen molar-refractivity contribution in [3.8, 4) is 5.75 Å². The molecule has 0 aliphatic heterocycles. The van der Waals surface area contributed by atoms with Crippen molar-refractivity contribution in [2.24, 2.45) is 17.6 Å². The third-order valence-corrected chi connectivity index (χ3v) is 5.70. The van der Waals surface area contributed by atoms with Crippen LogP contribution in [0.4, 0.5) is 0 Å². The maximum Gasteiger partial charge on any atom is 0.328 e. The number of hydrogen-bond acceptors (Lipinski definition) is 7. The monoisotopic (exact) mass is 454 g/mol. The van der Waals surface area contributed by atoms with E-state index in [1.165, 1.54) is 7.11 Å². The lowest BCUT2D eigenvalue weighted by molar-refractivity contribution is -0.142. The third-order valence-electron chi connectivity index (χ3n) is 4.64. The highest BCUT2D eigenvalue weighted by molar-refractivity contribution is 7.98. The lowest BCUT2D eigenvalue weighted by Gasteiger charge is -2.20. The van der Waals surface area contributed by atoms with Crippen molar-refractivity contribution in [2.45, 2.75) is 32.4 Å². The Labute approximate surface area is 189 Å². The Kier molecular flexibility index (Phi) is 12.7. The first-order valence-electron chi connectivity index (χ1n) is 9.98. The summed E-state index contributed by atoms with van der Waals surface area (Å²) in [6.45, 7) is 4.62. The number of ether oxygens (including phenoxy) is 2. The zero-order chi connectivity index (χ0) is 22.5. The second kappa shape index (κ2) is 14.4. The maximum absolute atomic E-state index is 12.8. The number of rotatable bonds is 13. The minimum Gasteiger partial charge on any atom is -0.492 e. The van der Waals surface area contributed by atoms with Crippen molar-refractivity contribution in [3.05, 3.63) is 42.0 Å². The highest BCUT2D eigenvalue weighted by atomic mass is 32.2. The predicted molar refractivity (Wildman–Crippen MR) is 128 cm³/mol. The molecule has 1 aromatic rings. The van der Waals surface area contributed by atoms with Crippen molar-refractivity contribution in [1.29, 1.82) is 0 Å². The van der Waals surface area contributed by atoms with Crippen LogP contribution in [0.1, 0.15) is 30.6 Å². The fraction of sp³-hybridized carbons (Fsp3) is 0.545. The van der Waals surface area contributed by atoms with Crippen molar-refractivity contribution in [1.82, 2.24) is 5.32 Å². The van der Waals surface area contributed by atoms with Crippen molar-refractivity contribution >= 4 is 36.3 Å². The van der Waals surface area contributed by atoms with E-state index in [0.717, 1.165) is 5.75 Å². The Balaban J connectivity index is 2.90. The molecule has 1 aromatic carbocycles. The van der Waals surface area contributed by atoms with Gasteiger partial charge in [-0.3, -0.25) is 4.79 Å². The summed E-state index contributed by atoms with van der Waals surface area (Å²) in [5.74, 6) is 1.43. The lowest BCUT2D eigenvalue weighted by atomic mass is 9.95. The van der Waals surface area contributed by atoms with Crippen LogP contribution in [0.15, 0.2) is 36.4 Å². The molecule has 0 aliphatic rings. The molecular formula is C22H34N2O4S2. The van der Waals surface area contributed by atoms with Gasteiger partial charge in [-0.05, 0) is 36.5 Å². The van der Waals surface area contributed by atoms with Gasteiger partial charge in [-0.2, -0.15) is 24.4 Å². The molecule has 168 valence electrons. The Morgan fingerprint density at radius 1 is 1.27 bits per heavy atom. The summed E-state index contributed by atoms with van der Waals surface area (Å²) < 4.78 is 10.8. The molecule has 3 unspecified atom stereocenters. The number of thioether (sulfide) groups is 1. The minimum atomic E-state index is -0.697. The Bertz CT molecular complexity index is 697. The van der Waals surface area contributed by atoms with Gasteiger partial charge >= 0.3 is 5.97 Å². The van der Waals surface area contributed by atoms with Gasteiger partial charge in [-0.25, -0.2) is 4.79 Å². The normalized spacial score (nSPS) is 14.4. The molecule has 8 heteroatoms. The number of para-hydroxylation sites is 1. The van der Waals surface area contributed by atoms with Crippen molar-refractivity contribution in [2.75, 3.05) is 31.5 Å². The first-order chi connectivity index (χ1) is 14.3. The number of methoxy groups -OCH3 is 1. The van der Waals surface area contributed by atoms with Gasteiger partial charge < -0.3 is 20.5 Å². The summed E-state index contributed by atoms with van der Waals surface area (Å²) in [4.78, 5) is 24.9. The first-order valence-corrected chi connectivity index (χ1v) is 12.0. The highest BCUT2D eigenvalue weighted by Crippen LogP contribution is 2.21. The van der Waals surface area contributed by atoms with E-state index in [1.807, 2.05) is 24.5 Å². The highest BCUT2D eigenvalue weighted by Gasteiger charge is 2.23. The van der Waals surface area contributed by atoms with Crippen molar-refractivity contribution < 1.29 is 19.1 Å². The number of hydrogen-bond donors (Lipinski definition) is 3. The molecule has 0 fully saturated rings. The number of carbonyl (C=O) groups is 2. The molecule has 30 heavy (non-hydrogen) atoms. The Morgan fingerprint density at radius 3 is 2.57 bits per heavy atom. The summed E-state index contributed by atoms with van der Waals surface area (Å²) in [5, 5.41) is 2.77. The van der Waals surface area contributed by atoms with Crippen LogP contribution in [0.3, 0.4) is 0 Å². The van der Waals surface area contributed by atoms with E-state index in [4.69, 9.17) is 15.2 Å². The van der Waals surface area contributed by atoms with Crippen LogP contribution in [0.2, 0.25) is 0 Å². The van der Waals surface area contributed by atoms with Gasteiger partial charge in [0.05, 0.1) is 19.3 Å². The van der Waals surface area contributed by atoms with E-state index in [2.05, 4.69) is 31.8 Å². The van der Waals surface area contributed by atoms with E-state index >= 15 is 0 Å². The van der Waals surface area contributed by atoms with Gasteiger partial charge in [0.15, 0.2) is 0 Å². The number of nitrogens with two attached hydrogens (primary N) is 1. The van der Waals surface area contributed by atoms with E-state index in [-0.39, 0.29) is 17.9 Å². The van der Waals surface area contributed by atoms with Crippen molar-refractivity contribution in [3.63, 3.8) is 0 Å². The van der Waals surface area contributed by atoms with E-state index in [1.54, 1.807) is 30.0 Å². The van der Waals surface area contributed by atoms with Crippen LogP contribution in [-0.4, -0.2) is 55.4 Å². The number of carbonyl (C=O) groups excluding carboxylic acids is 2. The molecule has 3 N–H and O–H groups in total. The standard InChI is InChI=1S/C22H34N2O4S2/c1-15(2)16(9-10-17(23)14-29)13-28-20-8-6-5-7-18(20)21(25)24-19(11-12-30-4)22(26)27-3/h5-10,15-17,19,29H,11-14,23H2,1-4H3,(H,24,25)/b10-9+. The predicted octanol–water partition coefficient (Wildman–Crippen LogP) is 3.18. The summed E-state index contributed by atoms with van der Waals surface area (Å²) in [6, 6.07) is 6.22. The quantitative estimate of drug-likeness (QED) is 0.241. The van der Waals surface area contributed by atoms with E-state index in [0.29, 0.717) is 36.0 Å². The molecular weight excluding hydrogens is 420 g/mol. The van der Waals surface area contributed by atoms with Crippen LogP contribution < -0.4 is 15.8 Å². The van der Waals surface area contributed by atoms with Crippen LogP contribution in [0.5, 0.6) is 5.75 Å². The number of thiol groups is 1. The van der Waals surface area contributed by atoms with Gasteiger partial charge in [0, 0.05) is 17.7 Å². The molecule has 1 rings (SSSR count). The molecule has 0 aromatic heterocycles. The maximum atomic E-state index is 12.8. The summed E-state index contributed by atoms with van der Waals surface area (Å²) in [7, 11) is 1.32. The third kappa shape index (κ3) is 9.02. The Hall–Kier alpha value is -1.64. The summed E-state index contributed by atoms with van der Waals surface area (Å²) in [5.41, 5.74) is 6.30. The topological polar surface area (TPSA) is 90.6 Å². The van der Waals surface area contributed by atoms with E-state index < -0.39 is 12.0 Å². The molecule has 0 aliphatic carbocycles. The average Bonchev–Trinajstić information content (AvgIpc) is 2.75. The van der Waals surface area contributed by atoms with E-state index in [9.17, 15) is 9.59 Å². The molecule has 0 radical (unpaired) electrons. The zero-order valence-electron chi connectivity index (χ0n) is 18.2. The van der Waals surface area contributed by atoms with Gasteiger partial charge in [0.1, 0.15) is 11.8 Å². The Morgan fingerprint density at radius 2 is 1.97 bits per heavy atom. The minimum absolute atomic E-state index is 0.107. The second-order valence-electron chi connectivity index (χ2n) is 7.28. The summed E-state index contributed by atoms with van der Waals surface area (Å²) in [6.07, 6.45) is 6.42. The molecule has 1 amide bonds.